The van der Waals surface area contributed by atoms with E-state index in [9.17, 15) is 4.79 Å². The van der Waals surface area contributed by atoms with Crippen LogP contribution in [-0.2, 0) is 13.5 Å². The van der Waals surface area contributed by atoms with Crippen LogP contribution in [0.5, 0.6) is 0 Å². The summed E-state index contributed by atoms with van der Waals surface area (Å²) in [7, 11) is 1.84. The van der Waals surface area contributed by atoms with Crippen LogP contribution in [-0.4, -0.2) is 30.9 Å². The monoisotopic (exact) mass is 398 g/mol. The predicted octanol–water partition coefficient (Wildman–Crippen LogP) is 4.06. The van der Waals surface area contributed by atoms with E-state index in [1.54, 1.807) is 16.0 Å². The highest BCUT2D eigenvalue weighted by Crippen LogP contribution is 2.30. The fraction of sp³-hybridized carbons (Fsp3) is 0.278. The maximum atomic E-state index is 13.0. The third kappa shape index (κ3) is 3.35. The van der Waals surface area contributed by atoms with Gasteiger partial charge in [-0.1, -0.05) is 24.3 Å². The molecule has 9 heteroatoms. The van der Waals surface area contributed by atoms with E-state index in [1.807, 2.05) is 37.6 Å². The maximum absolute atomic E-state index is 13.0. The van der Waals surface area contributed by atoms with Crippen LogP contribution in [0.1, 0.15) is 34.4 Å². The molecule has 0 fully saturated rings. The quantitative estimate of drug-likeness (QED) is 0.548. The third-order valence-electron chi connectivity index (χ3n) is 4.14. The second-order valence-electron chi connectivity index (χ2n) is 6.15. The number of hydrogen-bond donors (Lipinski definition) is 1. The van der Waals surface area contributed by atoms with E-state index in [0.29, 0.717) is 16.3 Å². The summed E-state index contributed by atoms with van der Waals surface area (Å²) in [4.78, 5) is 18.8. The summed E-state index contributed by atoms with van der Waals surface area (Å²) < 4.78 is 1.71. The SMILES string of the molecule is CCCc1nnc(NC(=O)c2cc(-c3cccs3)nc3c2c(C)nn3C)s1. The molecule has 0 aliphatic carbocycles. The second-order valence-corrected chi connectivity index (χ2v) is 8.15. The van der Waals surface area contributed by atoms with Crippen molar-refractivity contribution in [2.75, 3.05) is 5.32 Å². The Bertz CT molecular complexity index is 1110. The van der Waals surface area contributed by atoms with Crippen LogP contribution >= 0.6 is 22.7 Å². The average molecular weight is 399 g/mol. The number of nitrogens with zero attached hydrogens (tertiary/aromatic N) is 5. The van der Waals surface area contributed by atoms with Gasteiger partial charge in [-0.3, -0.25) is 14.8 Å². The molecule has 4 heterocycles. The second kappa shape index (κ2) is 7.16. The molecular formula is C18H18N6OS2. The highest BCUT2D eigenvalue weighted by Gasteiger charge is 2.20. The Morgan fingerprint density at radius 1 is 1.33 bits per heavy atom. The van der Waals surface area contributed by atoms with Gasteiger partial charge in [0, 0.05) is 13.5 Å². The van der Waals surface area contributed by atoms with Gasteiger partial charge in [-0.15, -0.1) is 21.5 Å². The Morgan fingerprint density at radius 3 is 2.93 bits per heavy atom. The number of carbonyl (C=O) groups is 1. The first-order chi connectivity index (χ1) is 13.1. The van der Waals surface area contributed by atoms with Crippen LogP contribution in [0.4, 0.5) is 5.13 Å². The number of carbonyl (C=O) groups excluding carboxylic acids is 1. The minimum Gasteiger partial charge on any atom is -0.296 e. The molecule has 4 aromatic rings. The number of aryl methyl sites for hydroxylation is 3. The van der Waals surface area contributed by atoms with E-state index in [1.165, 1.54) is 11.3 Å². The number of rotatable bonds is 5. The van der Waals surface area contributed by atoms with Gasteiger partial charge in [-0.25, -0.2) is 4.98 Å². The molecule has 0 unspecified atom stereocenters. The fourth-order valence-electron chi connectivity index (χ4n) is 2.96. The van der Waals surface area contributed by atoms with Crippen molar-refractivity contribution in [1.82, 2.24) is 25.0 Å². The normalized spacial score (nSPS) is 11.2. The minimum absolute atomic E-state index is 0.226. The number of pyridine rings is 1. The molecule has 1 amide bonds. The summed E-state index contributed by atoms with van der Waals surface area (Å²) in [6, 6.07) is 5.79. The topological polar surface area (TPSA) is 85.6 Å². The number of nitrogens with one attached hydrogen (secondary N) is 1. The van der Waals surface area contributed by atoms with Gasteiger partial charge in [0.25, 0.3) is 5.91 Å². The summed E-state index contributed by atoms with van der Waals surface area (Å²) in [5, 5.41) is 19.7. The fourth-order valence-corrected chi connectivity index (χ4v) is 4.48. The molecule has 0 spiro atoms. The molecule has 0 saturated carbocycles. The van der Waals surface area contributed by atoms with Crippen molar-refractivity contribution in [3.05, 3.63) is 39.8 Å². The standard InChI is InChI=1S/C18H18N6OS2/c1-4-6-14-21-22-18(27-14)20-17(25)11-9-12(13-7-5-8-26-13)19-16-15(11)10(2)23-24(16)3/h5,7-9H,4,6H2,1-3H3,(H,20,22,25). The van der Waals surface area contributed by atoms with Gasteiger partial charge in [-0.2, -0.15) is 5.10 Å². The van der Waals surface area contributed by atoms with Crippen LogP contribution < -0.4 is 5.32 Å². The lowest BCUT2D eigenvalue weighted by atomic mass is 10.1. The molecule has 7 nitrogen and oxygen atoms in total. The highest BCUT2D eigenvalue weighted by molar-refractivity contribution is 7.15. The number of anilines is 1. The summed E-state index contributed by atoms with van der Waals surface area (Å²) in [5.74, 6) is -0.226. The zero-order chi connectivity index (χ0) is 19.0. The molecular weight excluding hydrogens is 380 g/mol. The summed E-state index contributed by atoms with van der Waals surface area (Å²) in [6.45, 7) is 3.97. The first-order valence-corrected chi connectivity index (χ1v) is 10.3. The number of hydrogen-bond acceptors (Lipinski definition) is 7. The number of aromatic nitrogens is 5. The highest BCUT2D eigenvalue weighted by atomic mass is 32.1. The van der Waals surface area contributed by atoms with Crippen LogP contribution in [0.15, 0.2) is 23.6 Å². The van der Waals surface area contributed by atoms with Crippen molar-refractivity contribution >= 4 is 44.7 Å². The van der Waals surface area contributed by atoms with Crippen molar-refractivity contribution in [2.45, 2.75) is 26.7 Å². The molecule has 0 saturated heterocycles. The largest absolute Gasteiger partial charge is 0.296 e. The summed E-state index contributed by atoms with van der Waals surface area (Å²) in [6.07, 6.45) is 1.85. The van der Waals surface area contributed by atoms with Gasteiger partial charge in [0.15, 0.2) is 5.65 Å². The molecule has 138 valence electrons. The Hall–Kier alpha value is -2.65. The minimum atomic E-state index is -0.226. The number of amides is 1. The molecule has 27 heavy (non-hydrogen) atoms. The van der Waals surface area contributed by atoms with E-state index in [0.717, 1.165) is 39.5 Å². The van der Waals surface area contributed by atoms with Crippen molar-refractivity contribution in [2.24, 2.45) is 7.05 Å². The smallest absolute Gasteiger partial charge is 0.258 e. The van der Waals surface area contributed by atoms with Gasteiger partial charge in [0.2, 0.25) is 5.13 Å². The molecule has 0 atom stereocenters. The lowest BCUT2D eigenvalue weighted by Crippen LogP contribution is -2.13. The lowest BCUT2D eigenvalue weighted by Gasteiger charge is -2.07. The summed E-state index contributed by atoms with van der Waals surface area (Å²) >= 11 is 2.99. The molecule has 0 aliphatic rings. The Morgan fingerprint density at radius 2 is 2.19 bits per heavy atom. The van der Waals surface area contributed by atoms with E-state index < -0.39 is 0 Å². The Labute approximate surface area is 164 Å². The van der Waals surface area contributed by atoms with Crippen LogP contribution in [0, 0.1) is 6.92 Å². The number of thiophene rings is 1. The van der Waals surface area contributed by atoms with E-state index in [2.05, 4.69) is 27.5 Å². The molecule has 1 N–H and O–H groups in total. The molecule has 4 aromatic heterocycles. The maximum Gasteiger partial charge on any atom is 0.258 e. The lowest BCUT2D eigenvalue weighted by molar-refractivity contribution is 0.102. The molecule has 0 radical (unpaired) electrons. The first kappa shape index (κ1) is 17.7. The predicted molar refractivity (Wildman–Crippen MR) is 108 cm³/mol. The number of fused-ring (bicyclic) bond motifs is 1. The Balaban J connectivity index is 1.77. The first-order valence-electron chi connectivity index (χ1n) is 8.58. The van der Waals surface area contributed by atoms with Gasteiger partial charge >= 0.3 is 0 Å². The molecule has 0 bridgehead atoms. The van der Waals surface area contributed by atoms with Gasteiger partial charge in [0.1, 0.15) is 5.01 Å². The van der Waals surface area contributed by atoms with E-state index in [4.69, 9.17) is 4.98 Å². The van der Waals surface area contributed by atoms with Crippen molar-refractivity contribution in [3.63, 3.8) is 0 Å². The average Bonchev–Trinajstić information content (AvgIpc) is 3.37. The Kier molecular flexibility index (Phi) is 4.71. The van der Waals surface area contributed by atoms with Gasteiger partial charge in [-0.05, 0) is 30.9 Å². The van der Waals surface area contributed by atoms with Crippen molar-refractivity contribution < 1.29 is 4.79 Å². The third-order valence-corrected chi connectivity index (χ3v) is 5.93. The van der Waals surface area contributed by atoms with Crippen LogP contribution in [0.3, 0.4) is 0 Å². The zero-order valence-corrected chi connectivity index (χ0v) is 16.8. The molecule has 0 aliphatic heterocycles. The summed E-state index contributed by atoms with van der Waals surface area (Å²) in [5.41, 5.74) is 2.76. The van der Waals surface area contributed by atoms with Crippen molar-refractivity contribution in [1.29, 1.82) is 0 Å². The van der Waals surface area contributed by atoms with E-state index in [-0.39, 0.29) is 5.91 Å². The van der Waals surface area contributed by atoms with Crippen LogP contribution in [0.2, 0.25) is 0 Å². The van der Waals surface area contributed by atoms with Crippen LogP contribution in [0.25, 0.3) is 21.6 Å². The zero-order valence-electron chi connectivity index (χ0n) is 15.2. The molecule has 0 aromatic carbocycles. The van der Waals surface area contributed by atoms with Crippen molar-refractivity contribution in [3.8, 4) is 10.6 Å². The van der Waals surface area contributed by atoms with E-state index >= 15 is 0 Å². The van der Waals surface area contributed by atoms with Gasteiger partial charge < -0.3 is 0 Å². The van der Waals surface area contributed by atoms with Gasteiger partial charge in [0.05, 0.1) is 27.2 Å². The molecule has 4 rings (SSSR count).